The monoisotopic (exact) mass is 485 g/mol. The summed E-state index contributed by atoms with van der Waals surface area (Å²) in [6.45, 7) is 0.449. The Labute approximate surface area is 197 Å². The van der Waals surface area contributed by atoms with E-state index >= 15 is 0 Å². The largest absolute Gasteiger partial charge is 0.504 e. The van der Waals surface area contributed by atoms with Crippen molar-refractivity contribution in [1.29, 1.82) is 0 Å². The number of phenolic OH excluding ortho intramolecular Hbond substituents is 3. The van der Waals surface area contributed by atoms with Crippen LogP contribution in [0.2, 0.25) is 10.0 Å². The van der Waals surface area contributed by atoms with E-state index in [0.29, 0.717) is 32.6 Å². The van der Waals surface area contributed by atoms with Crippen LogP contribution in [-0.2, 0) is 6.54 Å². The second-order valence-corrected chi connectivity index (χ2v) is 8.44. The first-order valence-corrected chi connectivity index (χ1v) is 11.1. The molecular weight excluding hydrogens is 469 g/mol. The summed E-state index contributed by atoms with van der Waals surface area (Å²) < 4.78 is 1.59. The minimum absolute atomic E-state index is 0.219. The Morgan fingerprint density at radius 2 is 1.72 bits per heavy atom. The van der Waals surface area contributed by atoms with E-state index < -0.39 is 17.2 Å². The molecule has 0 spiro atoms. The molecule has 32 heavy (non-hydrogen) atoms. The lowest BCUT2D eigenvalue weighted by atomic mass is 10.2. The van der Waals surface area contributed by atoms with Crippen LogP contribution in [0.1, 0.15) is 11.1 Å². The van der Waals surface area contributed by atoms with Crippen molar-refractivity contribution in [2.75, 3.05) is 0 Å². The van der Waals surface area contributed by atoms with Gasteiger partial charge in [0.05, 0.1) is 23.5 Å². The predicted octanol–water partition coefficient (Wildman–Crippen LogP) is 5.62. The zero-order valence-corrected chi connectivity index (χ0v) is 18.8. The lowest BCUT2D eigenvalue weighted by molar-refractivity contribution is 0.367. The molecule has 0 saturated heterocycles. The van der Waals surface area contributed by atoms with E-state index in [1.165, 1.54) is 29.7 Å². The number of aromatic hydroxyl groups is 3. The van der Waals surface area contributed by atoms with Crippen LogP contribution in [0.3, 0.4) is 0 Å². The molecule has 0 aliphatic carbocycles. The number of hydrogen-bond acceptors (Lipinski definition) is 6. The maximum atomic E-state index is 10.1. The van der Waals surface area contributed by atoms with Crippen molar-refractivity contribution in [1.82, 2.24) is 4.68 Å². The summed E-state index contributed by atoms with van der Waals surface area (Å²) in [5, 5.41) is 36.8. The third kappa shape index (κ3) is 4.65. The fourth-order valence-electron chi connectivity index (χ4n) is 2.95. The van der Waals surface area contributed by atoms with E-state index in [2.05, 4.69) is 10.1 Å². The van der Waals surface area contributed by atoms with Crippen LogP contribution in [0.15, 0.2) is 76.1 Å². The summed E-state index contributed by atoms with van der Waals surface area (Å²) in [6.07, 6.45) is 1.37. The molecule has 4 rings (SSSR count). The van der Waals surface area contributed by atoms with Gasteiger partial charge >= 0.3 is 0 Å². The van der Waals surface area contributed by atoms with Gasteiger partial charge in [0.2, 0.25) is 10.6 Å². The highest BCUT2D eigenvalue weighted by Crippen LogP contribution is 2.36. The number of nitrogens with zero attached hydrogens (tertiary/aromatic N) is 3. The van der Waals surface area contributed by atoms with Gasteiger partial charge in [-0.2, -0.15) is 5.10 Å². The van der Waals surface area contributed by atoms with Crippen LogP contribution in [-0.4, -0.2) is 26.2 Å². The molecule has 162 valence electrons. The Morgan fingerprint density at radius 3 is 2.50 bits per heavy atom. The van der Waals surface area contributed by atoms with Crippen LogP contribution >= 0.6 is 34.5 Å². The van der Waals surface area contributed by atoms with Gasteiger partial charge in [0, 0.05) is 21.5 Å². The van der Waals surface area contributed by atoms with E-state index in [4.69, 9.17) is 23.2 Å². The molecule has 3 aromatic carbocycles. The SMILES string of the molecule is Oc1ccc(C=Nn2c(-c3cc(Cl)ccc3Cl)csc2=NCc2ccccc2)c(O)c1O. The van der Waals surface area contributed by atoms with Gasteiger partial charge < -0.3 is 15.3 Å². The van der Waals surface area contributed by atoms with Crippen molar-refractivity contribution >= 4 is 40.8 Å². The number of aromatic nitrogens is 1. The van der Waals surface area contributed by atoms with E-state index in [0.717, 1.165) is 5.56 Å². The molecule has 0 atom stereocenters. The summed E-state index contributed by atoms with van der Waals surface area (Å²) >= 11 is 14.0. The molecule has 1 heterocycles. The number of thiazole rings is 1. The van der Waals surface area contributed by atoms with Gasteiger partial charge in [-0.1, -0.05) is 53.5 Å². The Balaban J connectivity index is 1.83. The third-order valence-electron chi connectivity index (χ3n) is 4.60. The molecule has 0 amide bonds. The average molecular weight is 486 g/mol. The number of halogens is 2. The molecule has 1 aromatic heterocycles. The molecule has 3 N–H and O–H groups in total. The number of rotatable bonds is 5. The molecule has 0 fully saturated rings. The first-order chi connectivity index (χ1) is 15.4. The number of phenols is 3. The van der Waals surface area contributed by atoms with Gasteiger partial charge in [-0.3, -0.25) is 4.99 Å². The fourth-order valence-corrected chi connectivity index (χ4v) is 4.16. The summed E-state index contributed by atoms with van der Waals surface area (Å²) in [7, 11) is 0. The Bertz CT molecular complexity index is 1360. The van der Waals surface area contributed by atoms with E-state index in [1.807, 2.05) is 35.7 Å². The number of hydrogen-bond donors (Lipinski definition) is 3. The molecule has 0 aliphatic rings. The third-order valence-corrected chi connectivity index (χ3v) is 6.02. The first-order valence-electron chi connectivity index (χ1n) is 9.42. The molecule has 0 bridgehead atoms. The van der Waals surface area contributed by atoms with Crippen LogP contribution in [0, 0.1) is 0 Å². The van der Waals surface area contributed by atoms with Crippen molar-refractivity contribution < 1.29 is 15.3 Å². The molecule has 4 aromatic rings. The second kappa shape index (κ2) is 9.48. The summed E-state index contributed by atoms with van der Waals surface area (Å²) in [4.78, 5) is 5.28. The first kappa shape index (κ1) is 22.0. The van der Waals surface area contributed by atoms with Crippen LogP contribution in [0.4, 0.5) is 0 Å². The Morgan fingerprint density at radius 1 is 0.938 bits per heavy atom. The van der Waals surface area contributed by atoms with Gasteiger partial charge in [0.15, 0.2) is 11.5 Å². The Hall–Kier alpha value is -3.26. The topological polar surface area (TPSA) is 90.3 Å². The Kier molecular flexibility index (Phi) is 6.50. The quantitative estimate of drug-likeness (QED) is 0.253. The van der Waals surface area contributed by atoms with Crippen molar-refractivity contribution in [2.24, 2.45) is 10.1 Å². The smallest absolute Gasteiger partial charge is 0.206 e. The number of benzene rings is 3. The van der Waals surface area contributed by atoms with Crippen molar-refractivity contribution in [3.8, 4) is 28.5 Å². The zero-order valence-electron chi connectivity index (χ0n) is 16.5. The maximum absolute atomic E-state index is 10.1. The van der Waals surface area contributed by atoms with E-state index in [-0.39, 0.29) is 5.56 Å². The fraction of sp³-hybridized carbons (Fsp3) is 0.0435. The standard InChI is InChI=1S/C23H17Cl2N3O3S/c24-16-7-8-18(25)17(10-16)19-13-32-23(26-11-14-4-2-1-3-5-14)28(19)27-12-15-6-9-20(29)22(31)21(15)30/h1-10,12-13,29-31H,11H2. The van der Waals surface area contributed by atoms with Crippen LogP contribution < -0.4 is 4.80 Å². The molecule has 9 heteroatoms. The second-order valence-electron chi connectivity index (χ2n) is 6.76. The summed E-state index contributed by atoms with van der Waals surface area (Å²) in [5.74, 6) is -1.51. The molecular formula is C23H17Cl2N3O3S. The zero-order chi connectivity index (χ0) is 22.7. The lowest BCUT2D eigenvalue weighted by Gasteiger charge is -2.07. The van der Waals surface area contributed by atoms with Crippen molar-refractivity contribution in [3.05, 3.63) is 92.0 Å². The molecule has 0 radical (unpaired) electrons. The lowest BCUT2D eigenvalue weighted by Crippen LogP contribution is -2.12. The predicted molar refractivity (Wildman–Crippen MR) is 128 cm³/mol. The minimum atomic E-state index is -0.614. The van der Waals surface area contributed by atoms with Crippen molar-refractivity contribution in [3.63, 3.8) is 0 Å². The highest BCUT2D eigenvalue weighted by molar-refractivity contribution is 7.07. The van der Waals surface area contributed by atoms with Crippen molar-refractivity contribution in [2.45, 2.75) is 6.54 Å². The van der Waals surface area contributed by atoms with Crippen LogP contribution in [0.5, 0.6) is 17.2 Å². The van der Waals surface area contributed by atoms with Crippen LogP contribution in [0.25, 0.3) is 11.3 Å². The van der Waals surface area contributed by atoms with Gasteiger partial charge in [-0.25, -0.2) is 4.68 Å². The molecule has 6 nitrogen and oxygen atoms in total. The normalized spacial score (nSPS) is 12.0. The maximum Gasteiger partial charge on any atom is 0.206 e. The molecule has 0 saturated carbocycles. The van der Waals surface area contributed by atoms with Gasteiger partial charge in [-0.15, -0.1) is 11.3 Å². The highest BCUT2D eigenvalue weighted by Gasteiger charge is 2.13. The summed E-state index contributed by atoms with van der Waals surface area (Å²) in [6, 6.07) is 17.7. The van der Waals surface area contributed by atoms with Gasteiger partial charge in [-0.05, 0) is 35.9 Å². The molecule has 0 unspecified atom stereocenters. The van der Waals surface area contributed by atoms with E-state index in [9.17, 15) is 15.3 Å². The summed E-state index contributed by atoms with van der Waals surface area (Å²) in [5.41, 5.74) is 2.59. The van der Waals surface area contributed by atoms with E-state index in [1.54, 1.807) is 22.9 Å². The van der Waals surface area contributed by atoms with Gasteiger partial charge in [0.1, 0.15) is 0 Å². The molecule has 0 aliphatic heterocycles. The minimum Gasteiger partial charge on any atom is -0.504 e. The van der Waals surface area contributed by atoms with Gasteiger partial charge in [0.25, 0.3) is 0 Å². The average Bonchev–Trinajstić information content (AvgIpc) is 3.20. The highest BCUT2D eigenvalue weighted by atomic mass is 35.5.